The van der Waals surface area contributed by atoms with Gasteiger partial charge in [-0.3, -0.25) is 14.2 Å². The number of pyridine rings is 1. The summed E-state index contributed by atoms with van der Waals surface area (Å²) >= 11 is 0. The maximum Gasteiger partial charge on any atom is 0.260 e. The van der Waals surface area contributed by atoms with Gasteiger partial charge in [0.2, 0.25) is 10.0 Å². The predicted molar refractivity (Wildman–Crippen MR) is 109 cm³/mol. The zero-order valence-electron chi connectivity index (χ0n) is 15.4. The lowest BCUT2D eigenvalue weighted by Gasteiger charge is -2.15. The van der Waals surface area contributed by atoms with Crippen LogP contribution in [0.3, 0.4) is 0 Å². The molecule has 144 valence electrons. The molecule has 1 aliphatic carbocycles. The predicted octanol–water partition coefficient (Wildman–Crippen LogP) is 2.89. The third-order valence-electron chi connectivity index (χ3n) is 5.04. The summed E-state index contributed by atoms with van der Waals surface area (Å²) in [6.07, 6.45) is 1.30. The van der Waals surface area contributed by atoms with Gasteiger partial charge in [-0.1, -0.05) is 55.8 Å². The Hall–Kier alpha value is -2.77. The first-order chi connectivity index (χ1) is 13.4. The number of hydrogen-bond donors (Lipinski definition) is 1. The smallest absolute Gasteiger partial charge is 0.260 e. The lowest BCUT2D eigenvalue weighted by Crippen LogP contribution is -2.34. The molecule has 3 aromatic rings. The van der Waals surface area contributed by atoms with Crippen molar-refractivity contribution < 1.29 is 13.2 Å². The summed E-state index contributed by atoms with van der Waals surface area (Å²) in [6, 6.07) is 14.0. The van der Waals surface area contributed by atoms with Crippen molar-refractivity contribution in [1.82, 2.24) is 9.29 Å². The van der Waals surface area contributed by atoms with Crippen molar-refractivity contribution in [2.24, 2.45) is 0 Å². The summed E-state index contributed by atoms with van der Waals surface area (Å²) in [6.45, 7) is 1.71. The molecule has 6 nitrogen and oxygen atoms in total. The van der Waals surface area contributed by atoms with Crippen LogP contribution < -0.4 is 10.3 Å². The molecule has 0 bridgehead atoms. The number of nitrogens with one attached hydrogen (secondary N) is 1. The van der Waals surface area contributed by atoms with E-state index in [-0.39, 0.29) is 23.8 Å². The molecule has 0 saturated carbocycles. The van der Waals surface area contributed by atoms with Gasteiger partial charge in [0.05, 0.1) is 23.7 Å². The maximum atomic E-state index is 13.2. The Morgan fingerprint density at radius 3 is 2.29 bits per heavy atom. The third kappa shape index (κ3) is 2.96. The molecule has 7 heteroatoms. The van der Waals surface area contributed by atoms with Crippen LogP contribution in [0.5, 0.6) is 0 Å². The molecule has 0 unspecified atom stereocenters. The molecule has 0 saturated heterocycles. The molecule has 0 atom stereocenters. The zero-order chi connectivity index (χ0) is 19.9. The van der Waals surface area contributed by atoms with Crippen molar-refractivity contribution in [3.05, 3.63) is 70.0 Å². The van der Waals surface area contributed by atoms with Crippen molar-refractivity contribution in [1.29, 1.82) is 0 Å². The highest BCUT2D eigenvalue weighted by Gasteiger charge is 2.32. The molecule has 1 aromatic heterocycles. The molecule has 0 radical (unpaired) electrons. The second kappa shape index (κ2) is 7.00. The van der Waals surface area contributed by atoms with Crippen molar-refractivity contribution >= 4 is 26.6 Å². The van der Waals surface area contributed by atoms with E-state index in [0.29, 0.717) is 39.6 Å². The fourth-order valence-electron chi connectivity index (χ4n) is 3.65. The topological polar surface area (TPSA) is 85.2 Å². The summed E-state index contributed by atoms with van der Waals surface area (Å²) in [5.74, 6) is -0.145. The van der Waals surface area contributed by atoms with Crippen LogP contribution in [0.4, 0.5) is 0 Å². The Kier molecular flexibility index (Phi) is 4.64. The second-order valence-corrected chi connectivity index (χ2v) is 8.78. The van der Waals surface area contributed by atoms with Gasteiger partial charge >= 0.3 is 0 Å². The number of sulfonamides is 1. The molecule has 1 heterocycles. The summed E-state index contributed by atoms with van der Waals surface area (Å²) < 4.78 is 28.4. The minimum atomic E-state index is -3.51. The highest BCUT2D eigenvalue weighted by molar-refractivity contribution is 7.89. The van der Waals surface area contributed by atoms with E-state index < -0.39 is 10.0 Å². The van der Waals surface area contributed by atoms with Gasteiger partial charge in [-0.25, -0.2) is 8.42 Å². The highest BCUT2D eigenvalue weighted by Crippen LogP contribution is 2.38. The molecule has 1 aliphatic rings. The van der Waals surface area contributed by atoms with Crippen LogP contribution in [0.15, 0.2) is 53.3 Å². The van der Waals surface area contributed by atoms with Crippen LogP contribution in [0.2, 0.25) is 0 Å². The van der Waals surface area contributed by atoms with E-state index in [1.54, 1.807) is 48.5 Å². The number of aromatic nitrogens is 1. The van der Waals surface area contributed by atoms with Crippen LogP contribution in [-0.2, 0) is 16.7 Å². The minimum Gasteiger partial charge on any atom is -0.293 e. The van der Waals surface area contributed by atoms with E-state index in [9.17, 15) is 18.0 Å². The van der Waals surface area contributed by atoms with Crippen molar-refractivity contribution in [2.75, 3.05) is 5.75 Å². The Bertz CT molecular complexity index is 1260. The number of ketones is 1. The van der Waals surface area contributed by atoms with E-state index >= 15 is 0 Å². The number of fused-ring (bicyclic) bond motifs is 5. The number of nitrogens with zero attached hydrogens (tertiary/aromatic N) is 1. The number of carbonyl (C=O) groups excluding carboxylic acids is 1. The van der Waals surface area contributed by atoms with Crippen LogP contribution in [0.25, 0.3) is 22.0 Å². The normalized spacial score (nSPS) is 13.0. The van der Waals surface area contributed by atoms with Crippen molar-refractivity contribution in [3.63, 3.8) is 0 Å². The molecule has 2 aromatic carbocycles. The lowest BCUT2D eigenvalue weighted by atomic mass is 10.0. The van der Waals surface area contributed by atoms with Gasteiger partial charge < -0.3 is 0 Å². The summed E-state index contributed by atoms with van der Waals surface area (Å²) in [5, 5.41) is 0.990. The standard InChI is InChI=1S/C21H20N2O4S/c1-2-3-12-28(26,27)22-13-23-19-15-9-5-6-10-16(15)20(24)18(19)14-8-4-7-11-17(14)21(23)25/h4-11,22H,2-3,12-13H2,1H3. The van der Waals surface area contributed by atoms with Crippen LogP contribution in [0.1, 0.15) is 35.7 Å². The fraction of sp³-hybridized carbons (Fsp3) is 0.238. The largest absolute Gasteiger partial charge is 0.293 e. The molecule has 1 N–H and O–H groups in total. The van der Waals surface area contributed by atoms with Gasteiger partial charge in [-0.15, -0.1) is 0 Å². The van der Waals surface area contributed by atoms with Gasteiger partial charge in [-0.2, -0.15) is 4.72 Å². The second-order valence-electron chi connectivity index (χ2n) is 6.85. The third-order valence-corrected chi connectivity index (χ3v) is 6.44. The van der Waals surface area contributed by atoms with Crippen LogP contribution in [-0.4, -0.2) is 24.5 Å². The lowest BCUT2D eigenvalue weighted by molar-refractivity contribution is 0.104. The van der Waals surface area contributed by atoms with E-state index in [1.807, 2.05) is 6.92 Å². The number of unbranched alkanes of at least 4 members (excludes halogenated alkanes) is 1. The number of rotatable bonds is 6. The fourth-order valence-corrected chi connectivity index (χ4v) is 4.79. The molecule has 28 heavy (non-hydrogen) atoms. The monoisotopic (exact) mass is 396 g/mol. The van der Waals surface area contributed by atoms with E-state index in [4.69, 9.17) is 0 Å². The Morgan fingerprint density at radius 2 is 1.57 bits per heavy atom. The first-order valence-electron chi connectivity index (χ1n) is 9.21. The number of carbonyl (C=O) groups is 1. The summed E-state index contributed by atoms with van der Waals surface area (Å²) in [4.78, 5) is 26.2. The van der Waals surface area contributed by atoms with Gasteiger partial charge in [0.15, 0.2) is 5.78 Å². The van der Waals surface area contributed by atoms with E-state index in [0.717, 1.165) is 6.42 Å². The molecular weight excluding hydrogens is 376 g/mol. The molecule has 0 fully saturated rings. The Balaban J connectivity index is 1.92. The van der Waals surface area contributed by atoms with E-state index in [2.05, 4.69) is 4.72 Å². The Morgan fingerprint density at radius 1 is 0.929 bits per heavy atom. The van der Waals surface area contributed by atoms with Crippen molar-refractivity contribution in [3.8, 4) is 11.3 Å². The molecule has 0 aliphatic heterocycles. The summed E-state index contributed by atoms with van der Waals surface area (Å²) in [7, 11) is -3.51. The quantitative estimate of drug-likeness (QED) is 0.543. The number of hydrogen-bond acceptors (Lipinski definition) is 4. The average Bonchev–Trinajstić information content (AvgIpc) is 3.00. The maximum absolute atomic E-state index is 13.2. The molecular formula is C21H20N2O4S. The van der Waals surface area contributed by atoms with E-state index in [1.165, 1.54) is 4.57 Å². The first-order valence-corrected chi connectivity index (χ1v) is 10.9. The first kappa shape index (κ1) is 18.6. The molecule has 0 spiro atoms. The molecule has 4 rings (SSSR count). The molecule has 0 amide bonds. The highest BCUT2D eigenvalue weighted by atomic mass is 32.2. The van der Waals surface area contributed by atoms with Gasteiger partial charge in [0.1, 0.15) is 0 Å². The Labute approximate surface area is 162 Å². The van der Waals surface area contributed by atoms with Crippen molar-refractivity contribution in [2.45, 2.75) is 26.4 Å². The SMILES string of the molecule is CCCCS(=O)(=O)NCn1c2c(c3ccccc3c1=O)C(=O)c1ccccc1-2. The zero-order valence-corrected chi connectivity index (χ0v) is 16.3. The number of benzene rings is 2. The van der Waals surface area contributed by atoms with Gasteiger partial charge in [0.25, 0.3) is 5.56 Å². The van der Waals surface area contributed by atoms with Gasteiger partial charge in [0, 0.05) is 21.9 Å². The van der Waals surface area contributed by atoms with Crippen LogP contribution in [0, 0.1) is 0 Å². The van der Waals surface area contributed by atoms with Crippen LogP contribution >= 0.6 is 0 Å². The average molecular weight is 396 g/mol. The minimum absolute atomic E-state index is 0.00351. The van der Waals surface area contributed by atoms with Gasteiger partial charge in [-0.05, 0) is 12.5 Å². The summed E-state index contributed by atoms with van der Waals surface area (Å²) in [5.41, 5.74) is 1.78.